The molecule has 1 aromatic carbocycles. The van der Waals surface area contributed by atoms with E-state index in [0.717, 1.165) is 17.1 Å². The predicted octanol–water partition coefficient (Wildman–Crippen LogP) is 3.16. The molecule has 0 unspecified atom stereocenters. The van der Waals surface area contributed by atoms with Gasteiger partial charge in [0, 0.05) is 23.5 Å². The summed E-state index contributed by atoms with van der Waals surface area (Å²) in [5.41, 5.74) is 2.40. The van der Waals surface area contributed by atoms with Crippen LogP contribution < -0.4 is 10.9 Å². The topological polar surface area (TPSA) is 73.9 Å². The maximum absolute atomic E-state index is 12.2. The summed E-state index contributed by atoms with van der Waals surface area (Å²) in [5, 5.41) is 13.3. The second kappa shape index (κ2) is 7.80. The molecule has 0 saturated carbocycles. The third-order valence-corrected chi connectivity index (χ3v) is 5.38. The first-order valence-corrected chi connectivity index (χ1v) is 9.71. The summed E-state index contributed by atoms with van der Waals surface area (Å²) in [6.45, 7) is 3.37. The van der Waals surface area contributed by atoms with Crippen LogP contribution >= 0.6 is 11.3 Å². The number of aromatic amines is 1. The van der Waals surface area contributed by atoms with Gasteiger partial charge in [-0.25, -0.2) is 0 Å². The summed E-state index contributed by atoms with van der Waals surface area (Å²) >= 11 is 1.61. The van der Waals surface area contributed by atoms with Crippen LogP contribution in [-0.2, 0) is 13.0 Å². The minimum absolute atomic E-state index is 0.207. The number of anilines is 2. The largest absolute Gasteiger partial charge is 0.324 e. The van der Waals surface area contributed by atoms with Gasteiger partial charge in [0.2, 0.25) is 5.95 Å². The van der Waals surface area contributed by atoms with Crippen LogP contribution in [0.2, 0.25) is 0 Å². The number of nitrogens with zero attached hydrogens (tertiary/aromatic N) is 3. The van der Waals surface area contributed by atoms with Gasteiger partial charge in [-0.1, -0.05) is 18.2 Å². The molecule has 0 amide bonds. The number of thiophene rings is 1. The molecule has 0 bridgehead atoms. The summed E-state index contributed by atoms with van der Waals surface area (Å²) in [6.07, 6.45) is 3.10. The Balaban J connectivity index is 1.40. The van der Waals surface area contributed by atoms with Crippen LogP contribution in [0.4, 0.5) is 11.6 Å². The lowest BCUT2D eigenvalue weighted by atomic mass is 10.2. The summed E-state index contributed by atoms with van der Waals surface area (Å²) < 4.78 is 0. The summed E-state index contributed by atoms with van der Waals surface area (Å²) in [7, 11) is 0. The Morgan fingerprint density at radius 2 is 1.92 bits per heavy atom. The van der Waals surface area contributed by atoms with E-state index in [9.17, 15) is 4.79 Å². The van der Waals surface area contributed by atoms with Gasteiger partial charge < -0.3 is 5.32 Å². The molecule has 26 heavy (non-hydrogen) atoms. The van der Waals surface area contributed by atoms with Crippen LogP contribution in [0.25, 0.3) is 0 Å². The van der Waals surface area contributed by atoms with Gasteiger partial charge in [0.25, 0.3) is 5.56 Å². The molecule has 1 fully saturated rings. The second-order valence-corrected chi connectivity index (χ2v) is 7.54. The van der Waals surface area contributed by atoms with Crippen molar-refractivity contribution in [2.75, 3.05) is 18.4 Å². The van der Waals surface area contributed by atoms with E-state index in [2.05, 4.69) is 37.5 Å². The van der Waals surface area contributed by atoms with Crippen LogP contribution in [0.15, 0.2) is 46.6 Å². The first-order chi connectivity index (χ1) is 12.8. The molecule has 7 heteroatoms. The quantitative estimate of drug-likeness (QED) is 0.700. The van der Waals surface area contributed by atoms with E-state index in [1.807, 2.05) is 29.6 Å². The molecule has 2 aromatic heterocycles. The first kappa shape index (κ1) is 16.9. The number of aromatic nitrogens is 3. The fraction of sp³-hybridized carbons (Fsp3) is 0.316. The lowest BCUT2D eigenvalue weighted by molar-refractivity contribution is 0.331. The van der Waals surface area contributed by atoms with Gasteiger partial charge in [0.05, 0.1) is 0 Å². The molecule has 3 heterocycles. The molecule has 1 aliphatic heterocycles. The Morgan fingerprint density at radius 1 is 1.12 bits per heavy atom. The standard InChI is InChI=1S/C19H21N5OS/c25-18-17(12-16-4-3-11-26-16)22-23-19(21-18)20-15-7-5-14(6-8-15)13-24-9-1-2-10-24/h3-8,11H,1-2,9-10,12-13H2,(H2,20,21,23,25). The van der Waals surface area contributed by atoms with E-state index in [0.29, 0.717) is 18.1 Å². The summed E-state index contributed by atoms with van der Waals surface area (Å²) in [4.78, 5) is 18.5. The fourth-order valence-electron chi connectivity index (χ4n) is 3.14. The highest BCUT2D eigenvalue weighted by Gasteiger charge is 2.11. The normalized spacial score (nSPS) is 14.6. The smallest absolute Gasteiger partial charge is 0.274 e. The number of nitrogens with one attached hydrogen (secondary N) is 2. The van der Waals surface area contributed by atoms with E-state index < -0.39 is 0 Å². The molecular weight excluding hydrogens is 346 g/mol. The van der Waals surface area contributed by atoms with Gasteiger partial charge in [0.1, 0.15) is 5.69 Å². The SMILES string of the molecule is O=c1[nH]c(Nc2ccc(CN3CCCC3)cc2)nnc1Cc1cccs1. The average molecular weight is 367 g/mol. The van der Waals surface area contributed by atoms with Crippen molar-refractivity contribution in [1.82, 2.24) is 20.1 Å². The van der Waals surface area contributed by atoms with Crippen molar-refractivity contribution in [1.29, 1.82) is 0 Å². The maximum Gasteiger partial charge on any atom is 0.274 e. The minimum atomic E-state index is -0.207. The minimum Gasteiger partial charge on any atom is -0.324 e. The van der Waals surface area contributed by atoms with Crippen LogP contribution in [-0.4, -0.2) is 33.2 Å². The molecule has 2 N–H and O–H groups in total. The highest BCUT2D eigenvalue weighted by atomic mass is 32.1. The van der Waals surface area contributed by atoms with E-state index in [4.69, 9.17) is 0 Å². The van der Waals surface area contributed by atoms with E-state index in [-0.39, 0.29) is 5.56 Å². The molecule has 0 radical (unpaired) electrons. The molecule has 134 valence electrons. The van der Waals surface area contributed by atoms with Gasteiger partial charge in [-0.3, -0.25) is 14.7 Å². The Morgan fingerprint density at radius 3 is 2.62 bits per heavy atom. The van der Waals surface area contributed by atoms with Crippen LogP contribution in [0.5, 0.6) is 0 Å². The average Bonchev–Trinajstić information content (AvgIpc) is 3.33. The zero-order valence-corrected chi connectivity index (χ0v) is 15.3. The van der Waals surface area contributed by atoms with Crippen molar-refractivity contribution < 1.29 is 0 Å². The van der Waals surface area contributed by atoms with Gasteiger partial charge in [0.15, 0.2) is 0 Å². The monoisotopic (exact) mass is 367 g/mol. The van der Waals surface area contributed by atoms with E-state index >= 15 is 0 Å². The Kier molecular flexibility index (Phi) is 5.08. The Bertz CT molecular complexity index is 898. The highest BCUT2D eigenvalue weighted by Crippen LogP contribution is 2.17. The van der Waals surface area contributed by atoms with Gasteiger partial charge in [-0.05, 0) is 55.1 Å². The van der Waals surface area contributed by atoms with Gasteiger partial charge in [-0.2, -0.15) is 0 Å². The summed E-state index contributed by atoms with van der Waals surface area (Å²) in [6, 6.07) is 12.2. The molecule has 1 aliphatic rings. The van der Waals surface area contributed by atoms with Crippen LogP contribution in [0.1, 0.15) is 29.0 Å². The number of benzene rings is 1. The lowest BCUT2D eigenvalue weighted by Gasteiger charge is -2.14. The van der Waals surface area contributed by atoms with Crippen LogP contribution in [0.3, 0.4) is 0 Å². The number of hydrogen-bond acceptors (Lipinski definition) is 6. The van der Waals surface area contributed by atoms with E-state index in [1.54, 1.807) is 11.3 Å². The third kappa shape index (κ3) is 4.17. The first-order valence-electron chi connectivity index (χ1n) is 8.83. The number of hydrogen-bond donors (Lipinski definition) is 2. The van der Waals surface area contributed by atoms with Gasteiger partial charge >= 0.3 is 0 Å². The van der Waals surface area contributed by atoms with Crippen LogP contribution in [0, 0.1) is 0 Å². The van der Waals surface area contributed by atoms with Crippen molar-refractivity contribution in [3.63, 3.8) is 0 Å². The van der Waals surface area contributed by atoms with E-state index in [1.165, 1.54) is 31.5 Å². The van der Waals surface area contributed by atoms with Crippen molar-refractivity contribution in [2.24, 2.45) is 0 Å². The van der Waals surface area contributed by atoms with Crippen molar-refractivity contribution >= 4 is 23.0 Å². The zero-order chi connectivity index (χ0) is 17.8. The lowest BCUT2D eigenvalue weighted by Crippen LogP contribution is -2.19. The fourth-order valence-corrected chi connectivity index (χ4v) is 3.85. The van der Waals surface area contributed by atoms with Crippen molar-refractivity contribution in [3.8, 4) is 0 Å². The molecule has 1 saturated heterocycles. The number of likely N-dealkylation sites (tertiary alicyclic amines) is 1. The van der Waals surface area contributed by atoms with Gasteiger partial charge in [-0.15, -0.1) is 21.5 Å². The Hall–Kier alpha value is -2.51. The third-order valence-electron chi connectivity index (χ3n) is 4.51. The molecule has 4 rings (SSSR count). The number of H-pyrrole nitrogens is 1. The maximum atomic E-state index is 12.2. The van der Waals surface area contributed by atoms with Crippen molar-refractivity contribution in [2.45, 2.75) is 25.8 Å². The molecule has 6 nitrogen and oxygen atoms in total. The molecule has 0 aliphatic carbocycles. The molecular formula is C19H21N5OS. The number of rotatable bonds is 6. The van der Waals surface area contributed by atoms with Crippen molar-refractivity contribution in [3.05, 3.63) is 68.3 Å². The predicted molar refractivity (Wildman–Crippen MR) is 104 cm³/mol. The highest BCUT2D eigenvalue weighted by molar-refractivity contribution is 7.09. The molecule has 3 aromatic rings. The summed E-state index contributed by atoms with van der Waals surface area (Å²) in [5.74, 6) is 0.359. The second-order valence-electron chi connectivity index (χ2n) is 6.51. The molecule has 0 atom stereocenters. The zero-order valence-electron chi connectivity index (χ0n) is 14.4. The Labute approximate surface area is 155 Å². The molecule has 0 spiro atoms.